The highest BCUT2D eigenvalue weighted by Crippen LogP contribution is 2.15. The summed E-state index contributed by atoms with van der Waals surface area (Å²) in [5.74, 6) is -1.67. The number of carbonyl (C=O) groups excluding carboxylic acids is 3. The highest BCUT2D eigenvalue weighted by Gasteiger charge is 2.24. The first-order valence-corrected chi connectivity index (χ1v) is 6.20. The van der Waals surface area contributed by atoms with E-state index >= 15 is 0 Å². The molecule has 1 heterocycles. The van der Waals surface area contributed by atoms with Crippen LogP contribution in [0.4, 0.5) is 0 Å². The molecule has 8 heteroatoms. The molecule has 104 valence electrons. The zero-order chi connectivity index (χ0) is 14.4. The molecule has 1 aromatic rings. The van der Waals surface area contributed by atoms with Crippen LogP contribution in [-0.2, 0) is 19.1 Å². The minimum atomic E-state index is -0.612. The van der Waals surface area contributed by atoms with Gasteiger partial charge in [0.1, 0.15) is 18.0 Å². The number of aryl methyl sites for hydroxylation is 1. The van der Waals surface area contributed by atoms with E-state index in [0.717, 1.165) is 16.2 Å². The molecule has 0 N–H and O–H groups in total. The third-order valence-corrected chi connectivity index (χ3v) is 3.24. The van der Waals surface area contributed by atoms with Crippen LogP contribution in [0.15, 0.2) is 5.51 Å². The largest absolute Gasteiger partial charge is 0.468 e. The second-order valence-corrected chi connectivity index (χ2v) is 4.44. The van der Waals surface area contributed by atoms with Gasteiger partial charge in [0, 0.05) is 0 Å². The molecule has 0 aliphatic heterocycles. The molecule has 0 unspecified atom stereocenters. The van der Waals surface area contributed by atoms with Crippen molar-refractivity contribution in [3.8, 4) is 0 Å². The van der Waals surface area contributed by atoms with Gasteiger partial charge in [-0.3, -0.25) is 14.4 Å². The maximum Gasteiger partial charge on any atom is 0.325 e. The van der Waals surface area contributed by atoms with Crippen LogP contribution < -0.4 is 0 Å². The van der Waals surface area contributed by atoms with E-state index in [2.05, 4.69) is 14.5 Å². The predicted molar refractivity (Wildman–Crippen MR) is 66.8 cm³/mol. The number of carbonyl (C=O) groups is 3. The normalized spacial score (nSPS) is 9.84. The summed E-state index contributed by atoms with van der Waals surface area (Å²) in [6, 6.07) is 0. The molecule has 19 heavy (non-hydrogen) atoms. The molecular weight excluding hydrogens is 272 g/mol. The number of aromatic nitrogens is 1. The van der Waals surface area contributed by atoms with E-state index in [4.69, 9.17) is 0 Å². The highest BCUT2D eigenvalue weighted by atomic mass is 32.1. The Balaban J connectivity index is 2.89. The van der Waals surface area contributed by atoms with Crippen molar-refractivity contribution in [1.29, 1.82) is 0 Å². The minimum Gasteiger partial charge on any atom is -0.468 e. The maximum absolute atomic E-state index is 12.2. The number of hydrogen-bond acceptors (Lipinski definition) is 7. The monoisotopic (exact) mass is 286 g/mol. The van der Waals surface area contributed by atoms with Gasteiger partial charge in [-0.15, -0.1) is 11.3 Å². The molecule has 0 aromatic carbocycles. The van der Waals surface area contributed by atoms with Gasteiger partial charge in [0.05, 0.1) is 25.4 Å². The van der Waals surface area contributed by atoms with Gasteiger partial charge in [-0.05, 0) is 6.92 Å². The fourth-order valence-electron chi connectivity index (χ4n) is 1.29. The quantitative estimate of drug-likeness (QED) is 0.721. The number of methoxy groups -OCH3 is 2. The van der Waals surface area contributed by atoms with Crippen LogP contribution in [0.2, 0.25) is 0 Å². The van der Waals surface area contributed by atoms with Crippen molar-refractivity contribution < 1.29 is 23.9 Å². The first-order valence-electron chi connectivity index (χ1n) is 5.32. The first-order chi connectivity index (χ1) is 8.99. The zero-order valence-corrected chi connectivity index (χ0v) is 11.7. The van der Waals surface area contributed by atoms with Crippen LogP contribution in [0.3, 0.4) is 0 Å². The number of ether oxygens (including phenoxy) is 2. The summed E-state index contributed by atoms with van der Waals surface area (Å²) in [6.45, 7) is 1.04. The van der Waals surface area contributed by atoms with E-state index in [1.54, 1.807) is 6.92 Å². The summed E-state index contributed by atoms with van der Waals surface area (Å²) in [7, 11) is 2.42. The van der Waals surface area contributed by atoms with Crippen LogP contribution in [0.5, 0.6) is 0 Å². The predicted octanol–water partition coefficient (Wildman–Crippen LogP) is 0.240. The molecule has 0 radical (unpaired) electrons. The molecule has 0 spiro atoms. The van der Waals surface area contributed by atoms with Crippen LogP contribution >= 0.6 is 11.3 Å². The van der Waals surface area contributed by atoms with Crippen molar-refractivity contribution in [3.05, 3.63) is 16.1 Å². The number of hydrogen-bond donors (Lipinski definition) is 0. The summed E-state index contributed by atoms with van der Waals surface area (Å²) in [5.41, 5.74) is 2.08. The van der Waals surface area contributed by atoms with Gasteiger partial charge in [0.15, 0.2) is 0 Å². The Bertz CT molecular complexity index is 467. The van der Waals surface area contributed by atoms with Gasteiger partial charge >= 0.3 is 11.9 Å². The Morgan fingerprint density at radius 2 is 1.74 bits per heavy atom. The number of rotatable bonds is 5. The molecule has 0 aliphatic carbocycles. The van der Waals surface area contributed by atoms with Gasteiger partial charge in [0.25, 0.3) is 5.91 Å². The average Bonchev–Trinajstić information content (AvgIpc) is 2.82. The third-order valence-electron chi connectivity index (χ3n) is 2.32. The molecule has 1 amide bonds. The lowest BCUT2D eigenvalue weighted by molar-refractivity contribution is -0.144. The van der Waals surface area contributed by atoms with Crippen LogP contribution in [0.25, 0.3) is 0 Å². The Morgan fingerprint density at radius 3 is 2.11 bits per heavy atom. The molecule has 1 rings (SSSR count). The fraction of sp³-hybridized carbons (Fsp3) is 0.455. The lowest BCUT2D eigenvalue weighted by atomic mass is 10.3. The maximum atomic E-state index is 12.2. The van der Waals surface area contributed by atoms with E-state index in [0.29, 0.717) is 10.6 Å². The second kappa shape index (κ2) is 6.83. The third kappa shape index (κ3) is 4.02. The molecular formula is C11H14N2O5S. The summed E-state index contributed by atoms with van der Waals surface area (Å²) >= 11 is 1.15. The Labute approximate surface area is 114 Å². The average molecular weight is 286 g/mol. The van der Waals surface area contributed by atoms with Crippen LogP contribution in [-0.4, -0.2) is 55.0 Å². The van der Waals surface area contributed by atoms with Crippen LogP contribution in [0.1, 0.15) is 15.4 Å². The molecule has 0 saturated carbocycles. The SMILES string of the molecule is COC(=O)CN(CC(=O)OC)C(=O)c1scnc1C. The standard InChI is InChI=1S/C11H14N2O5S/c1-7-10(19-6-12-7)11(16)13(4-8(14)17-2)5-9(15)18-3/h6H,4-5H2,1-3H3. The van der Waals surface area contributed by atoms with Crippen molar-refractivity contribution >= 4 is 29.2 Å². The molecule has 0 atom stereocenters. The van der Waals surface area contributed by atoms with Gasteiger partial charge in [0.2, 0.25) is 0 Å². The topological polar surface area (TPSA) is 85.8 Å². The summed E-state index contributed by atoms with van der Waals surface area (Å²) in [6.07, 6.45) is 0. The molecule has 0 bridgehead atoms. The first kappa shape index (κ1) is 15.1. The Morgan fingerprint density at radius 1 is 1.21 bits per heavy atom. The molecule has 0 fully saturated rings. The lowest BCUT2D eigenvalue weighted by Crippen LogP contribution is -2.40. The van der Waals surface area contributed by atoms with E-state index in [-0.39, 0.29) is 13.1 Å². The Kier molecular flexibility index (Phi) is 5.43. The molecule has 0 saturated heterocycles. The van der Waals surface area contributed by atoms with Crippen molar-refractivity contribution in [3.63, 3.8) is 0 Å². The number of esters is 2. The molecule has 7 nitrogen and oxygen atoms in total. The van der Waals surface area contributed by atoms with E-state index < -0.39 is 17.8 Å². The zero-order valence-electron chi connectivity index (χ0n) is 10.8. The van der Waals surface area contributed by atoms with Gasteiger partial charge in [-0.25, -0.2) is 4.98 Å². The van der Waals surface area contributed by atoms with Crippen molar-refractivity contribution in [2.45, 2.75) is 6.92 Å². The lowest BCUT2D eigenvalue weighted by Gasteiger charge is -2.19. The summed E-state index contributed by atoms with van der Waals surface area (Å²) in [4.78, 5) is 40.2. The fourth-order valence-corrected chi connectivity index (χ4v) is 2.06. The molecule has 1 aromatic heterocycles. The van der Waals surface area contributed by atoms with E-state index in [9.17, 15) is 14.4 Å². The van der Waals surface area contributed by atoms with Crippen molar-refractivity contribution in [2.75, 3.05) is 27.3 Å². The Hall–Kier alpha value is -1.96. The summed E-state index contributed by atoms with van der Waals surface area (Å²) in [5, 5.41) is 0. The minimum absolute atomic E-state index is 0.318. The van der Waals surface area contributed by atoms with Crippen LogP contribution in [0, 0.1) is 6.92 Å². The van der Waals surface area contributed by atoms with Crippen molar-refractivity contribution in [2.24, 2.45) is 0 Å². The van der Waals surface area contributed by atoms with E-state index in [1.807, 2.05) is 0 Å². The number of amides is 1. The van der Waals surface area contributed by atoms with Gasteiger partial charge < -0.3 is 14.4 Å². The summed E-state index contributed by atoms with van der Waals surface area (Å²) < 4.78 is 8.99. The highest BCUT2D eigenvalue weighted by molar-refractivity contribution is 7.11. The van der Waals surface area contributed by atoms with Gasteiger partial charge in [-0.1, -0.05) is 0 Å². The van der Waals surface area contributed by atoms with E-state index in [1.165, 1.54) is 19.7 Å². The van der Waals surface area contributed by atoms with Gasteiger partial charge in [-0.2, -0.15) is 0 Å². The smallest absolute Gasteiger partial charge is 0.325 e. The molecule has 0 aliphatic rings. The number of thiazole rings is 1. The second-order valence-electron chi connectivity index (χ2n) is 3.58. The van der Waals surface area contributed by atoms with Crippen molar-refractivity contribution in [1.82, 2.24) is 9.88 Å². The number of nitrogens with zero attached hydrogens (tertiary/aromatic N) is 2.